The van der Waals surface area contributed by atoms with Crippen LogP contribution in [0, 0.1) is 13.8 Å². The summed E-state index contributed by atoms with van der Waals surface area (Å²) in [5, 5.41) is 0. The van der Waals surface area contributed by atoms with Crippen LogP contribution >= 0.6 is 0 Å². The maximum Gasteiger partial charge on any atom is -0.00922 e. The first-order valence-electron chi connectivity index (χ1n) is 6.87. The second kappa shape index (κ2) is 5.88. The van der Waals surface area contributed by atoms with E-state index in [1.165, 1.54) is 33.4 Å². The van der Waals surface area contributed by atoms with Crippen LogP contribution < -0.4 is 0 Å². The lowest BCUT2D eigenvalue weighted by atomic mass is 9.93. The molecule has 0 N–H and O–H groups in total. The molecular weight excluding hydrogens is 228 g/mol. The fraction of sp³-hybridized carbons (Fsp3) is 0.263. The second-order valence-corrected chi connectivity index (χ2v) is 5.45. The van der Waals surface area contributed by atoms with E-state index in [1.54, 1.807) is 0 Å². The highest BCUT2D eigenvalue weighted by atomic mass is 14.1. The Morgan fingerprint density at radius 2 is 1.63 bits per heavy atom. The molecule has 0 heteroatoms. The molecule has 98 valence electrons. The fourth-order valence-corrected chi connectivity index (χ4v) is 2.34. The van der Waals surface area contributed by atoms with E-state index in [4.69, 9.17) is 0 Å². The molecule has 0 amide bonds. The molecule has 2 rings (SSSR count). The summed E-state index contributed by atoms with van der Waals surface area (Å²) >= 11 is 0. The predicted molar refractivity (Wildman–Crippen MR) is 84.5 cm³/mol. The van der Waals surface area contributed by atoms with E-state index in [9.17, 15) is 0 Å². The molecule has 0 atom stereocenters. The molecule has 0 fully saturated rings. The SMILES string of the molecule is CC(C)=CCc1cc(C)c(-c2ccccc2)cc1C. The van der Waals surface area contributed by atoms with Crippen LogP contribution in [0.1, 0.15) is 30.5 Å². The molecule has 0 aliphatic heterocycles. The van der Waals surface area contributed by atoms with Gasteiger partial charge < -0.3 is 0 Å². The van der Waals surface area contributed by atoms with E-state index in [1.807, 2.05) is 0 Å². The van der Waals surface area contributed by atoms with Gasteiger partial charge in [-0.2, -0.15) is 0 Å². The first-order chi connectivity index (χ1) is 9.08. The molecule has 0 radical (unpaired) electrons. The molecule has 19 heavy (non-hydrogen) atoms. The lowest BCUT2D eigenvalue weighted by Gasteiger charge is -2.11. The van der Waals surface area contributed by atoms with Gasteiger partial charge in [0.1, 0.15) is 0 Å². The van der Waals surface area contributed by atoms with Crippen molar-refractivity contribution in [2.75, 3.05) is 0 Å². The van der Waals surface area contributed by atoms with Crippen molar-refractivity contribution in [3.05, 3.63) is 70.8 Å². The lowest BCUT2D eigenvalue weighted by molar-refractivity contribution is 1.17. The molecule has 0 heterocycles. The summed E-state index contributed by atoms with van der Waals surface area (Å²) in [5.41, 5.74) is 8.19. The minimum Gasteiger partial charge on any atom is -0.0815 e. The highest BCUT2D eigenvalue weighted by Crippen LogP contribution is 2.26. The van der Waals surface area contributed by atoms with Gasteiger partial charge in [-0.25, -0.2) is 0 Å². The average Bonchev–Trinajstić information content (AvgIpc) is 2.40. The maximum absolute atomic E-state index is 2.33. The van der Waals surface area contributed by atoms with E-state index in [0.29, 0.717) is 0 Å². The van der Waals surface area contributed by atoms with Gasteiger partial charge in [-0.1, -0.05) is 54.1 Å². The summed E-state index contributed by atoms with van der Waals surface area (Å²) < 4.78 is 0. The van der Waals surface area contributed by atoms with Gasteiger partial charge in [0.05, 0.1) is 0 Å². The summed E-state index contributed by atoms with van der Waals surface area (Å²) in [6.07, 6.45) is 3.33. The molecule has 0 aromatic heterocycles. The maximum atomic E-state index is 2.33. The molecule has 0 unspecified atom stereocenters. The number of benzene rings is 2. The Morgan fingerprint density at radius 1 is 0.947 bits per heavy atom. The van der Waals surface area contributed by atoms with Gasteiger partial charge in [-0.05, 0) is 61.9 Å². The van der Waals surface area contributed by atoms with Gasteiger partial charge in [0.2, 0.25) is 0 Å². The second-order valence-electron chi connectivity index (χ2n) is 5.45. The van der Waals surface area contributed by atoms with Gasteiger partial charge in [-0.15, -0.1) is 0 Å². The van der Waals surface area contributed by atoms with Crippen LogP contribution in [0.25, 0.3) is 11.1 Å². The van der Waals surface area contributed by atoms with Gasteiger partial charge in [-0.3, -0.25) is 0 Å². The van der Waals surface area contributed by atoms with Crippen molar-refractivity contribution in [1.29, 1.82) is 0 Å². The smallest absolute Gasteiger partial charge is 0.00922 e. The highest BCUT2D eigenvalue weighted by Gasteiger charge is 2.05. The lowest BCUT2D eigenvalue weighted by Crippen LogP contribution is -1.92. The molecule has 0 spiro atoms. The molecule has 0 aliphatic carbocycles. The zero-order chi connectivity index (χ0) is 13.8. The zero-order valence-electron chi connectivity index (χ0n) is 12.3. The predicted octanol–water partition coefficient (Wildman–Crippen LogP) is 5.48. The minimum atomic E-state index is 1.03. The van der Waals surface area contributed by atoms with Crippen molar-refractivity contribution in [2.24, 2.45) is 0 Å². The number of rotatable bonds is 3. The normalized spacial score (nSPS) is 10.3. The van der Waals surface area contributed by atoms with Crippen LogP contribution in [0.4, 0.5) is 0 Å². The van der Waals surface area contributed by atoms with E-state index in [2.05, 4.69) is 76.2 Å². The molecule has 0 saturated heterocycles. The third-order valence-electron chi connectivity index (χ3n) is 3.50. The molecular formula is C19H22. The molecule has 0 nitrogen and oxygen atoms in total. The van der Waals surface area contributed by atoms with E-state index < -0.39 is 0 Å². The summed E-state index contributed by atoms with van der Waals surface area (Å²) in [4.78, 5) is 0. The standard InChI is InChI=1S/C19H22/c1-14(2)10-11-18-12-16(4)19(13-15(18)3)17-8-6-5-7-9-17/h5-10,12-13H,11H2,1-4H3. The highest BCUT2D eigenvalue weighted by molar-refractivity contribution is 5.68. The number of allylic oxidation sites excluding steroid dienone is 2. The molecule has 2 aromatic rings. The van der Waals surface area contributed by atoms with Crippen LogP contribution in [0.5, 0.6) is 0 Å². The minimum absolute atomic E-state index is 1.03. The largest absolute Gasteiger partial charge is 0.0815 e. The van der Waals surface area contributed by atoms with E-state index in [0.717, 1.165) is 6.42 Å². The van der Waals surface area contributed by atoms with Crippen LogP contribution in [0.15, 0.2) is 54.1 Å². The molecule has 0 bridgehead atoms. The summed E-state index contributed by atoms with van der Waals surface area (Å²) in [7, 11) is 0. The Hall–Kier alpha value is -1.82. The fourth-order valence-electron chi connectivity index (χ4n) is 2.34. The topological polar surface area (TPSA) is 0 Å². The zero-order valence-corrected chi connectivity index (χ0v) is 12.3. The third kappa shape index (κ3) is 3.35. The number of hydrogen-bond acceptors (Lipinski definition) is 0. The van der Waals surface area contributed by atoms with Crippen LogP contribution in [0.2, 0.25) is 0 Å². The first kappa shape index (κ1) is 13.6. The van der Waals surface area contributed by atoms with Crippen LogP contribution in [-0.4, -0.2) is 0 Å². The molecule has 0 saturated carbocycles. The number of aryl methyl sites for hydroxylation is 2. The third-order valence-corrected chi connectivity index (χ3v) is 3.50. The van der Waals surface area contributed by atoms with Gasteiger partial charge in [0.15, 0.2) is 0 Å². The monoisotopic (exact) mass is 250 g/mol. The van der Waals surface area contributed by atoms with Crippen molar-refractivity contribution in [3.63, 3.8) is 0 Å². The summed E-state index contributed by atoms with van der Waals surface area (Å²) in [6, 6.07) is 15.3. The first-order valence-corrected chi connectivity index (χ1v) is 6.87. The Labute approximate surface area is 116 Å². The Bertz CT molecular complexity index is 585. The summed E-state index contributed by atoms with van der Waals surface area (Å²) in [6.45, 7) is 8.72. The van der Waals surface area contributed by atoms with Crippen LogP contribution in [0.3, 0.4) is 0 Å². The van der Waals surface area contributed by atoms with Crippen LogP contribution in [-0.2, 0) is 6.42 Å². The van der Waals surface area contributed by atoms with Gasteiger partial charge in [0.25, 0.3) is 0 Å². The number of hydrogen-bond donors (Lipinski definition) is 0. The molecule has 2 aromatic carbocycles. The van der Waals surface area contributed by atoms with Crippen molar-refractivity contribution in [3.8, 4) is 11.1 Å². The molecule has 0 aliphatic rings. The van der Waals surface area contributed by atoms with E-state index >= 15 is 0 Å². The Balaban J connectivity index is 2.40. The summed E-state index contributed by atoms with van der Waals surface area (Å²) in [5.74, 6) is 0. The van der Waals surface area contributed by atoms with E-state index in [-0.39, 0.29) is 0 Å². The van der Waals surface area contributed by atoms with Crippen molar-refractivity contribution in [2.45, 2.75) is 34.1 Å². The van der Waals surface area contributed by atoms with Gasteiger partial charge in [0, 0.05) is 0 Å². The van der Waals surface area contributed by atoms with Crippen molar-refractivity contribution < 1.29 is 0 Å². The quantitative estimate of drug-likeness (QED) is 0.633. The Kier molecular flexibility index (Phi) is 4.21. The van der Waals surface area contributed by atoms with Crippen molar-refractivity contribution >= 4 is 0 Å². The Morgan fingerprint density at radius 3 is 2.26 bits per heavy atom. The average molecular weight is 250 g/mol. The van der Waals surface area contributed by atoms with Gasteiger partial charge >= 0.3 is 0 Å². The van der Waals surface area contributed by atoms with Crippen molar-refractivity contribution in [1.82, 2.24) is 0 Å².